The first-order valence-electron chi connectivity index (χ1n) is 7.19. The van der Waals surface area contributed by atoms with Crippen LogP contribution in [0, 0.1) is 13.8 Å². The van der Waals surface area contributed by atoms with Gasteiger partial charge >= 0.3 is 18.9 Å². The largest absolute Gasteiger partial charge is 1.00 e. The fourth-order valence-electron chi connectivity index (χ4n) is 2.42. The van der Waals surface area contributed by atoms with Crippen LogP contribution in [-0.2, 0) is 0 Å². The van der Waals surface area contributed by atoms with Gasteiger partial charge in [0.05, 0.1) is 21.3 Å². The zero-order valence-electron chi connectivity index (χ0n) is 16.0. The van der Waals surface area contributed by atoms with Gasteiger partial charge in [0.15, 0.2) is 5.52 Å². The van der Waals surface area contributed by atoms with Gasteiger partial charge in [-0.3, -0.25) is 4.79 Å². The average Bonchev–Trinajstić information content (AvgIpc) is 2.56. The molecular weight excluding hydrogens is 318 g/mol. The molecule has 0 N–H and O–H groups in total. The summed E-state index contributed by atoms with van der Waals surface area (Å²) in [5.41, 5.74) is 2.67. The van der Waals surface area contributed by atoms with Crippen LogP contribution >= 0.6 is 8.58 Å². The standard InChI is InChI=1S/C18H21O4P.Li.H/c1-11-7-6-8-12(2)17(11)23-18(19)16-14(21-4)9-13(20-3)10-15(16)22-5;;/h6-10,23H,1-5H3;;/q;+1;-1. The molecule has 0 saturated carbocycles. The summed E-state index contributed by atoms with van der Waals surface area (Å²) in [5, 5.41) is 1.07. The molecule has 6 heteroatoms. The molecule has 1 atom stereocenters. The van der Waals surface area contributed by atoms with Crippen LogP contribution in [0.1, 0.15) is 22.9 Å². The van der Waals surface area contributed by atoms with E-state index in [0.717, 1.165) is 16.4 Å². The van der Waals surface area contributed by atoms with E-state index in [1.807, 2.05) is 32.0 Å². The van der Waals surface area contributed by atoms with Crippen LogP contribution in [0.5, 0.6) is 17.2 Å². The number of methoxy groups -OCH3 is 3. The van der Waals surface area contributed by atoms with Gasteiger partial charge in [-0.2, -0.15) is 0 Å². The van der Waals surface area contributed by atoms with Crippen LogP contribution < -0.4 is 38.4 Å². The minimum absolute atomic E-state index is 0. The van der Waals surface area contributed by atoms with Gasteiger partial charge in [-0.25, -0.2) is 0 Å². The molecule has 1 unspecified atom stereocenters. The summed E-state index contributed by atoms with van der Waals surface area (Å²) >= 11 is 0. The fraction of sp³-hybridized carbons (Fsp3) is 0.278. The summed E-state index contributed by atoms with van der Waals surface area (Å²) in [5.74, 6) is 1.51. The molecule has 2 rings (SSSR count). The molecule has 0 aromatic heterocycles. The van der Waals surface area contributed by atoms with Crippen molar-refractivity contribution >= 4 is 19.4 Å². The van der Waals surface area contributed by atoms with E-state index >= 15 is 0 Å². The van der Waals surface area contributed by atoms with E-state index in [-0.39, 0.29) is 34.4 Å². The van der Waals surface area contributed by atoms with Crippen LogP contribution in [0.3, 0.4) is 0 Å². The first-order valence-corrected chi connectivity index (χ1v) is 8.19. The zero-order chi connectivity index (χ0) is 17.0. The first kappa shape index (κ1) is 20.6. The second-order valence-electron chi connectivity index (χ2n) is 5.13. The molecule has 0 aliphatic heterocycles. The van der Waals surface area contributed by atoms with Crippen LogP contribution in [0.15, 0.2) is 30.3 Å². The fourth-order valence-corrected chi connectivity index (χ4v) is 3.58. The normalized spacial score (nSPS) is 10.4. The molecule has 0 saturated heterocycles. The molecule has 2 aromatic rings. The number of hydrogen-bond donors (Lipinski definition) is 0. The smallest absolute Gasteiger partial charge is 1.00 e. The maximum Gasteiger partial charge on any atom is 1.00 e. The molecule has 0 aliphatic carbocycles. The maximum atomic E-state index is 12.9. The Bertz CT molecular complexity index is 692. The molecular formula is C18H22LiO4P. The number of carbonyl (C=O) groups excluding carboxylic acids is 1. The summed E-state index contributed by atoms with van der Waals surface area (Å²) in [6.45, 7) is 4.04. The Morgan fingerprint density at radius 3 is 1.88 bits per heavy atom. The monoisotopic (exact) mass is 340 g/mol. The Kier molecular flexibility index (Phi) is 7.83. The Balaban J connectivity index is 0.00000288. The Morgan fingerprint density at radius 1 is 0.958 bits per heavy atom. The molecule has 2 aromatic carbocycles. The first-order chi connectivity index (χ1) is 11.0. The second kappa shape index (κ2) is 9.13. The average molecular weight is 340 g/mol. The molecule has 0 spiro atoms. The van der Waals surface area contributed by atoms with Crippen molar-refractivity contribution in [2.24, 2.45) is 0 Å². The van der Waals surface area contributed by atoms with E-state index < -0.39 is 0 Å². The van der Waals surface area contributed by atoms with Crippen LogP contribution in [0.2, 0.25) is 0 Å². The van der Waals surface area contributed by atoms with Gasteiger partial charge in [-0.05, 0) is 38.9 Å². The van der Waals surface area contributed by atoms with Crippen molar-refractivity contribution in [3.8, 4) is 17.2 Å². The van der Waals surface area contributed by atoms with Crippen LogP contribution in [0.25, 0.3) is 0 Å². The Morgan fingerprint density at radius 2 is 1.46 bits per heavy atom. The van der Waals surface area contributed by atoms with Crippen molar-refractivity contribution in [2.45, 2.75) is 13.8 Å². The van der Waals surface area contributed by atoms with E-state index in [9.17, 15) is 4.79 Å². The van der Waals surface area contributed by atoms with Gasteiger partial charge in [0.1, 0.15) is 22.8 Å². The van der Waals surface area contributed by atoms with E-state index in [1.165, 1.54) is 14.2 Å². The number of benzene rings is 2. The topological polar surface area (TPSA) is 44.8 Å². The van der Waals surface area contributed by atoms with E-state index in [4.69, 9.17) is 14.2 Å². The predicted molar refractivity (Wildman–Crippen MR) is 95.4 cm³/mol. The third-order valence-electron chi connectivity index (χ3n) is 3.66. The minimum Gasteiger partial charge on any atom is -1.00 e. The molecule has 4 nitrogen and oxygen atoms in total. The predicted octanol–water partition coefficient (Wildman–Crippen LogP) is 0.590. The summed E-state index contributed by atoms with van der Waals surface area (Å²) in [6.07, 6.45) is 0. The maximum absolute atomic E-state index is 12.9. The summed E-state index contributed by atoms with van der Waals surface area (Å²) in [6, 6.07) is 9.43. The van der Waals surface area contributed by atoms with Crippen molar-refractivity contribution in [1.29, 1.82) is 0 Å². The third kappa shape index (κ3) is 4.33. The summed E-state index contributed by atoms with van der Waals surface area (Å²) < 4.78 is 16.0. The second-order valence-corrected chi connectivity index (χ2v) is 6.33. The van der Waals surface area contributed by atoms with E-state index in [0.29, 0.717) is 22.8 Å². The van der Waals surface area contributed by atoms with Crippen molar-refractivity contribution in [2.75, 3.05) is 21.3 Å². The molecule has 0 radical (unpaired) electrons. The molecule has 124 valence electrons. The Labute approximate surface area is 158 Å². The van der Waals surface area contributed by atoms with Crippen molar-refractivity contribution in [3.05, 3.63) is 47.0 Å². The van der Waals surface area contributed by atoms with Crippen LogP contribution in [-0.4, -0.2) is 26.9 Å². The SMILES string of the molecule is COc1cc(OC)c(C(=O)Pc2c(C)cccc2C)c(OC)c1.[H-].[Li+]. The van der Waals surface area contributed by atoms with Crippen molar-refractivity contribution < 1.29 is 39.3 Å². The molecule has 24 heavy (non-hydrogen) atoms. The number of rotatable bonds is 6. The van der Waals surface area contributed by atoms with Gasteiger partial charge < -0.3 is 15.6 Å². The quantitative estimate of drug-likeness (QED) is 0.570. The minimum atomic E-state index is -0.0150. The Hall–Kier alpha value is -1.46. The van der Waals surface area contributed by atoms with Gasteiger partial charge in [-0.1, -0.05) is 18.2 Å². The van der Waals surface area contributed by atoms with Crippen molar-refractivity contribution in [3.63, 3.8) is 0 Å². The number of hydrogen-bond acceptors (Lipinski definition) is 4. The summed E-state index contributed by atoms with van der Waals surface area (Å²) in [7, 11) is 4.64. The summed E-state index contributed by atoms with van der Waals surface area (Å²) in [4.78, 5) is 12.9. The third-order valence-corrected chi connectivity index (χ3v) is 5.18. The molecule has 0 aliphatic rings. The zero-order valence-corrected chi connectivity index (χ0v) is 16.0. The van der Waals surface area contributed by atoms with Crippen LogP contribution in [0.4, 0.5) is 0 Å². The molecule has 0 bridgehead atoms. The number of aryl methyl sites for hydroxylation is 2. The van der Waals surface area contributed by atoms with E-state index in [1.54, 1.807) is 19.2 Å². The van der Waals surface area contributed by atoms with Gasteiger partial charge in [0, 0.05) is 12.1 Å². The van der Waals surface area contributed by atoms with Gasteiger partial charge in [0.25, 0.3) is 0 Å². The van der Waals surface area contributed by atoms with Crippen molar-refractivity contribution in [1.82, 2.24) is 0 Å². The molecule has 0 amide bonds. The van der Waals surface area contributed by atoms with Gasteiger partial charge in [-0.15, -0.1) is 0 Å². The number of carbonyl (C=O) groups is 1. The van der Waals surface area contributed by atoms with Gasteiger partial charge in [0.2, 0.25) is 0 Å². The molecule has 0 fully saturated rings. The molecule has 0 heterocycles. The number of ether oxygens (including phenoxy) is 3. The van der Waals surface area contributed by atoms with E-state index in [2.05, 4.69) is 0 Å².